The van der Waals surface area contributed by atoms with E-state index < -0.39 is 11.9 Å². The Kier molecular flexibility index (Phi) is 19.0. The van der Waals surface area contributed by atoms with Crippen LogP contribution < -0.4 is 11.3 Å². The van der Waals surface area contributed by atoms with Crippen LogP contribution in [0.3, 0.4) is 0 Å². The smallest absolute Gasteiger partial charge is 0.304 e. The van der Waals surface area contributed by atoms with Crippen molar-refractivity contribution in [3.63, 3.8) is 0 Å². The molecule has 5 N–H and O–H groups in total. The molecule has 0 aliphatic carbocycles. The average molecular weight is 347 g/mol. The lowest BCUT2D eigenvalue weighted by Gasteiger charge is -2.21. The average Bonchev–Trinajstić information content (AvgIpc) is 2.50. The minimum absolute atomic E-state index is 0. The topological polar surface area (TPSA) is 117 Å². The van der Waals surface area contributed by atoms with Crippen molar-refractivity contribution in [2.24, 2.45) is 0 Å². The summed E-state index contributed by atoms with van der Waals surface area (Å²) in [6.45, 7) is 3.80. The molecule has 6 nitrogen and oxygen atoms in total. The van der Waals surface area contributed by atoms with E-state index in [0.29, 0.717) is 13.1 Å². The van der Waals surface area contributed by atoms with Crippen molar-refractivity contribution < 1.29 is 19.8 Å². The number of rotatable bonds is 17. The molecule has 0 atom stereocenters. The van der Waals surface area contributed by atoms with Gasteiger partial charge in [0.1, 0.15) is 0 Å². The van der Waals surface area contributed by atoms with Crippen LogP contribution in [0.25, 0.3) is 0 Å². The Labute approximate surface area is 147 Å². The molecule has 0 aromatic heterocycles. The van der Waals surface area contributed by atoms with Crippen molar-refractivity contribution in [3.05, 3.63) is 0 Å². The van der Waals surface area contributed by atoms with E-state index in [1.807, 2.05) is 4.90 Å². The number of unbranched alkanes of at least 4 members (excludes halogenated alkanes) is 9. The fraction of sp³-hybridized carbons (Fsp3) is 0.889. The summed E-state index contributed by atoms with van der Waals surface area (Å²) in [4.78, 5) is 23.1. The molecule has 0 aromatic carbocycles. The quantitative estimate of drug-likeness (QED) is 0.392. The van der Waals surface area contributed by atoms with Crippen molar-refractivity contribution in [2.45, 2.75) is 84.0 Å². The van der Waals surface area contributed by atoms with E-state index in [4.69, 9.17) is 5.11 Å². The monoisotopic (exact) mass is 346 g/mol. The minimum atomic E-state index is -1.08. The van der Waals surface area contributed by atoms with Gasteiger partial charge in [0.15, 0.2) is 0 Å². The SMILES string of the molecule is CCCCCCCCCCCCN(CCC(=O)[O-])CCC(=O)O.[NH4+]. The van der Waals surface area contributed by atoms with Gasteiger partial charge in [-0.2, -0.15) is 0 Å². The number of carboxylic acid groups (broad SMARTS) is 2. The molecule has 0 amide bonds. The molecule has 24 heavy (non-hydrogen) atoms. The minimum Gasteiger partial charge on any atom is -0.550 e. The van der Waals surface area contributed by atoms with E-state index in [0.717, 1.165) is 19.4 Å². The molecule has 0 unspecified atom stereocenters. The third-order valence-electron chi connectivity index (χ3n) is 4.10. The van der Waals surface area contributed by atoms with Crippen molar-refractivity contribution in [2.75, 3.05) is 19.6 Å². The van der Waals surface area contributed by atoms with Crippen LogP contribution in [-0.4, -0.2) is 41.6 Å². The third-order valence-corrected chi connectivity index (χ3v) is 4.10. The Bertz CT molecular complexity index is 293. The van der Waals surface area contributed by atoms with Crippen LogP contribution in [0.5, 0.6) is 0 Å². The number of carboxylic acids is 2. The number of carbonyl (C=O) groups excluding carboxylic acids is 1. The summed E-state index contributed by atoms with van der Waals surface area (Å²) in [7, 11) is 0. The van der Waals surface area contributed by atoms with Crippen molar-refractivity contribution in [3.8, 4) is 0 Å². The lowest BCUT2D eigenvalue weighted by Crippen LogP contribution is -2.33. The van der Waals surface area contributed by atoms with Crippen LogP contribution in [0.2, 0.25) is 0 Å². The number of hydrogen-bond donors (Lipinski definition) is 2. The second-order valence-corrected chi connectivity index (χ2v) is 6.29. The second kappa shape index (κ2) is 18.2. The first kappa shape index (κ1) is 25.1. The molecule has 0 aromatic rings. The molecular formula is C18H38N2O4. The zero-order chi connectivity index (χ0) is 17.3. The van der Waals surface area contributed by atoms with Gasteiger partial charge in [0.2, 0.25) is 0 Å². The zero-order valence-electron chi connectivity index (χ0n) is 15.7. The predicted molar refractivity (Wildman–Crippen MR) is 96.1 cm³/mol. The standard InChI is InChI=1S/C18H35NO4.H3N/c1-2-3-4-5-6-7-8-9-10-11-14-19(15-12-17(20)21)16-13-18(22)23;/h2-16H2,1H3,(H,20,21)(H,22,23);1H3. The molecular weight excluding hydrogens is 308 g/mol. The highest BCUT2D eigenvalue weighted by Gasteiger charge is 2.07. The first-order valence-electron chi connectivity index (χ1n) is 9.20. The molecule has 0 aliphatic heterocycles. The largest absolute Gasteiger partial charge is 0.550 e. The Hall–Kier alpha value is -1.14. The zero-order valence-corrected chi connectivity index (χ0v) is 15.7. The predicted octanol–water partition coefficient (Wildman–Crippen LogP) is 3.20. The van der Waals surface area contributed by atoms with Gasteiger partial charge in [0, 0.05) is 19.1 Å². The maximum atomic E-state index is 10.6. The molecule has 144 valence electrons. The highest BCUT2D eigenvalue weighted by Crippen LogP contribution is 2.11. The number of quaternary nitrogens is 1. The van der Waals surface area contributed by atoms with Crippen LogP contribution in [0.4, 0.5) is 0 Å². The van der Waals surface area contributed by atoms with Gasteiger partial charge >= 0.3 is 5.97 Å². The third kappa shape index (κ3) is 18.9. The summed E-state index contributed by atoms with van der Waals surface area (Å²) < 4.78 is 0. The number of hydrogen-bond acceptors (Lipinski definition) is 4. The van der Waals surface area contributed by atoms with Gasteiger partial charge < -0.3 is 26.1 Å². The number of aliphatic carboxylic acids is 2. The van der Waals surface area contributed by atoms with Gasteiger partial charge in [0.05, 0.1) is 6.42 Å². The van der Waals surface area contributed by atoms with E-state index in [-0.39, 0.29) is 19.0 Å². The van der Waals surface area contributed by atoms with E-state index in [1.165, 1.54) is 51.4 Å². The molecule has 0 radical (unpaired) electrons. The van der Waals surface area contributed by atoms with Gasteiger partial charge in [-0.3, -0.25) is 4.79 Å². The summed E-state index contributed by atoms with van der Waals surface area (Å²) in [6, 6.07) is 0. The first-order valence-corrected chi connectivity index (χ1v) is 9.20. The van der Waals surface area contributed by atoms with Crippen LogP contribution in [0, 0.1) is 0 Å². The van der Waals surface area contributed by atoms with Crippen molar-refractivity contribution >= 4 is 11.9 Å². The van der Waals surface area contributed by atoms with Crippen LogP contribution in [0.1, 0.15) is 84.0 Å². The second-order valence-electron chi connectivity index (χ2n) is 6.29. The van der Waals surface area contributed by atoms with Gasteiger partial charge in [-0.15, -0.1) is 0 Å². The lowest BCUT2D eigenvalue weighted by atomic mass is 10.1. The first-order chi connectivity index (χ1) is 11.1. The highest BCUT2D eigenvalue weighted by molar-refractivity contribution is 5.67. The normalized spacial score (nSPS) is 10.6. The molecule has 0 fully saturated rings. The van der Waals surface area contributed by atoms with Gasteiger partial charge in [-0.05, 0) is 19.4 Å². The van der Waals surface area contributed by atoms with E-state index in [1.54, 1.807) is 0 Å². The van der Waals surface area contributed by atoms with Crippen molar-refractivity contribution in [1.82, 2.24) is 11.1 Å². The maximum Gasteiger partial charge on any atom is 0.304 e. The van der Waals surface area contributed by atoms with E-state index in [9.17, 15) is 14.7 Å². The van der Waals surface area contributed by atoms with Crippen molar-refractivity contribution in [1.29, 1.82) is 0 Å². The van der Waals surface area contributed by atoms with E-state index in [2.05, 4.69) is 6.92 Å². The van der Waals surface area contributed by atoms with Gasteiger partial charge in [0.25, 0.3) is 0 Å². The molecule has 0 rings (SSSR count). The molecule has 0 spiro atoms. The Balaban J connectivity index is 0. The van der Waals surface area contributed by atoms with Gasteiger partial charge in [-0.1, -0.05) is 64.7 Å². The summed E-state index contributed by atoms with van der Waals surface area (Å²) in [5, 5.41) is 19.3. The molecule has 0 bridgehead atoms. The fourth-order valence-electron chi connectivity index (χ4n) is 2.66. The number of nitrogens with zero attached hydrogens (tertiary/aromatic N) is 1. The van der Waals surface area contributed by atoms with E-state index >= 15 is 0 Å². The fourth-order valence-corrected chi connectivity index (χ4v) is 2.66. The molecule has 6 heteroatoms. The highest BCUT2D eigenvalue weighted by atomic mass is 16.4. The van der Waals surface area contributed by atoms with Crippen LogP contribution in [-0.2, 0) is 9.59 Å². The Morgan fingerprint density at radius 2 is 1.25 bits per heavy atom. The number of carbonyl (C=O) groups is 2. The summed E-state index contributed by atoms with van der Waals surface area (Å²) in [5.74, 6) is -1.92. The van der Waals surface area contributed by atoms with Crippen LogP contribution in [0.15, 0.2) is 0 Å². The molecule has 0 saturated carbocycles. The Morgan fingerprint density at radius 1 is 0.792 bits per heavy atom. The lowest BCUT2D eigenvalue weighted by molar-refractivity contribution is -0.305. The molecule has 0 heterocycles. The molecule has 0 saturated heterocycles. The van der Waals surface area contributed by atoms with Crippen LogP contribution >= 0.6 is 0 Å². The maximum absolute atomic E-state index is 10.6. The van der Waals surface area contributed by atoms with Gasteiger partial charge in [-0.25, -0.2) is 0 Å². The summed E-state index contributed by atoms with van der Waals surface area (Å²) in [6.07, 6.45) is 12.6. The molecule has 0 aliphatic rings. The summed E-state index contributed by atoms with van der Waals surface area (Å²) >= 11 is 0. The Morgan fingerprint density at radius 3 is 1.71 bits per heavy atom. The summed E-state index contributed by atoms with van der Waals surface area (Å²) in [5.41, 5.74) is 0.